The summed E-state index contributed by atoms with van der Waals surface area (Å²) in [6, 6.07) is 7.90. The Morgan fingerprint density at radius 3 is 2.65 bits per heavy atom. The van der Waals surface area contributed by atoms with E-state index < -0.39 is 5.54 Å². The molecule has 3 aromatic rings. The normalized spacial score (nSPS) is 16.8. The lowest BCUT2D eigenvalue weighted by Crippen LogP contribution is -2.34. The van der Waals surface area contributed by atoms with Crippen LogP contribution in [0.15, 0.2) is 45.7 Å². The van der Waals surface area contributed by atoms with Gasteiger partial charge in [0.05, 0.1) is 23.0 Å². The molecule has 0 saturated heterocycles. The van der Waals surface area contributed by atoms with Crippen LogP contribution in [0.25, 0.3) is 17.1 Å². The largest absolute Gasteiger partial charge is 0.334 e. The first-order valence-electron chi connectivity index (χ1n) is 7.58. The van der Waals surface area contributed by atoms with Crippen molar-refractivity contribution in [2.24, 2.45) is 5.73 Å². The molecule has 0 amide bonds. The van der Waals surface area contributed by atoms with Crippen LogP contribution in [0.2, 0.25) is 0 Å². The van der Waals surface area contributed by atoms with Crippen LogP contribution in [-0.4, -0.2) is 19.9 Å². The lowest BCUT2D eigenvalue weighted by Gasteiger charge is -2.17. The standard InChI is InChI=1S/C16H16BrN5O/c17-12-3-5-13(6-4-12)22-10-11(9-19-22)14-20-15(21-23-14)16(18)7-1-2-8-16/h3-6,9-10H,1-2,7-8,18H2. The fourth-order valence-corrected chi connectivity index (χ4v) is 3.21. The van der Waals surface area contributed by atoms with Gasteiger partial charge in [0.25, 0.3) is 5.89 Å². The number of rotatable bonds is 3. The number of nitrogens with two attached hydrogens (primary N) is 1. The maximum Gasteiger partial charge on any atom is 0.261 e. The van der Waals surface area contributed by atoms with E-state index in [-0.39, 0.29) is 0 Å². The van der Waals surface area contributed by atoms with Crippen LogP contribution in [0.3, 0.4) is 0 Å². The molecule has 1 aliphatic rings. The van der Waals surface area contributed by atoms with Crippen molar-refractivity contribution in [1.82, 2.24) is 19.9 Å². The summed E-state index contributed by atoms with van der Waals surface area (Å²) in [5, 5.41) is 8.44. The Bertz CT molecular complexity index is 817. The third-order valence-corrected chi connectivity index (χ3v) is 4.82. The number of hydrogen-bond acceptors (Lipinski definition) is 5. The van der Waals surface area contributed by atoms with Crippen molar-refractivity contribution in [2.45, 2.75) is 31.2 Å². The molecule has 23 heavy (non-hydrogen) atoms. The second-order valence-electron chi connectivity index (χ2n) is 5.94. The molecule has 7 heteroatoms. The molecular weight excluding hydrogens is 358 g/mol. The van der Waals surface area contributed by atoms with E-state index in [9.17, 15) is 0 Å². The first kappa shape index (κ1) is 14.6. The molecule has 6 nitrogen and oxygen atoms in total. The summed E-state index contributed by atoms with van der Waals surface area (Å²) < 4.78 is 8.20. The smallest absolute Gasteiger partial charge is 0.261 e. The van der Waals surface area contributed by atoms with Gasteiger partial charge in [-0.05, 0) is 37.1 Å². The maximum atomic E-state index is 6.37. The molecule has 0 spiro atoms. The Morgan fingerprint density at radius 2 is 1.91 bits per heavy atom. The summed E-state index contributed by atoms with van der Waals surface area (Å²) in [5.41, 5.74) is 7.68. The molecule has 1 aliphatic carbocycles. The van der Waals surface area contributed by atoms with E-state index in [1.54, 1.807) is 10.9 Å². The van der Waals surface area contributed by atoms with E-state index in [4.69, 9.17) is 10.3 Å². The Kier molecular flexibility index (Phi) is 3.54. The molecule has 1 aromatic carbocycles. The van der Waals surface area contributed by atoms with Crippen LogP contribution in [0, 0.1) is 0 Å². The molecular formula is C16H16BrN5O. The van der Waals surface area contributed by atoms with Gasteiger partial charge in [0, 0.05) is 10.7 Å². The zero-order valence-electron chi connectivity index (χ0n) is 12.4. The van der Waals surface area contributed by atoms with E-state index in [0.29, 0.717) is 11.7 Å². The molecule has 118 valence electrons. The predicted octanol–water partition coefficient (Wildman–Crippen LogP) is 3.41. The van der Waals surface area contributed by atoms with Gasteiger partial charge < -0.3 is 10.3 Å². The van der Waals surface area contributed by atoms with Gasteiger partial charge in [-0.25, -0.2) is 4.68 Å². The van der Waals surface area contributed by atoms with Crippen LogP contribution >= 0.6 is 15.9 Å². The summed E-state index contributed by atoms with van der Waals surface area (Å²) in [6.45, 7) is 0. The Morgan fingerprint density at radius 1 is 1.17 bits per heavy atom. The molecule has 2 N–H and O–H groups in total. The molecule has 0 radical (unpaired) electrons. The zero-order valence-corrected chi connectivity index (χ0v) is 14.0. The van der Waals surface area contributed by atoms with Crippen LogP contribution in [0.4, 0.5) is 0 Å². The highest BCUT2D eigenvalue weighted by Gasteiger charge is 2.36. The SMILES string of the molecule is NC1(c2noc(-c3cnn(-c4ccc(Br)cc4)c3)n2)CCCC1. The number of aromatic nitrogens is 4. The van der Waals surface area contributed by atoms with Crippen molar-refractivity contribution in [2.75, 3.05) is 0 Å². The van der Waals surface area contributed by atoms with Gasteiger partial charge in [0.15, 0.2) is 5.82 Å². The minimum atomic E-state index is -0.441. The van der Waals surface area contributed by atoms with Crippen molar-refractivity contribution in [3.8, 4) is 17.1 Å². The summed E-state index contributed by atoms with van der Waals surface area (Å²) in [4.78, 5) is 4.49. The second kappa shape index (κ2) is 5.58. The van der Waals surface area contributed by atoms with E-state index in [0.717, 1.165) is 41.4 Å². The topological polar surface area (TPSA) is 82.8 Å². The van der Waals surface area contributed by atoms with Crippen molar-refractivity contribution in [1.29, 1.82) is 0 Å². The summed E-state index contributed by atoms with van der Waals surface area (Å²) in [6.07, 6.45) is 7.63. The molecule has 1 saturated carbocycles. The first-order chi connectivity index (χ1) is 11.1. The highest BCUT2D eigenvalue weighted by atomic mass is 79.9. The van der Waals surface area contributed by atoms with Gasteiger partial charge in [0.1, 0.15) is 0 Å². The van der Waals surface area contributed by atoms with Crippen molar-refractivity contribution >= 4 is 15.9 Å². The van der Waals surface area contributed by atoms with Gasteiger partial charge in [-0.1, -0.05) is 33.9 Å². The number of nitrogens with zero attached hydrogens (tertiary/aromatic N) is 4. The van der Waals surface area contributed by atoms with E-state index in [2.05, 4.69) is 31.2 Å². The quantitative estimate of drug-likeness (QED) is 0.760. The van der Waals surface area contributed by atoms with Gasteiger partial charge in [0.2, 0.25) is 0 Å². The third-order valence-electron chi connectivity index (χ3n) is 4.29. The highest BCUT2D eigenvalue weighted by molar-refractivity contribution is 9.10. The highest BCUT2D eigenvalue weighted by Crippen LogP contribution is 2.35. The van der Waals surface area contributed by atoms with Gasteiger partial charge in [-0.15, -0.1) is 0 Å². The van der Waals surface area contributed by atoms with Crippen molar-refractivity contribution in [3.63, 3.8) is 0 Å². The number of halogens is 1. The maximum absolute atomic E-state index is 6.37. The van der Waals surface area contributed by atoms with E-state index in [1.165, 1.54) is 0 Å². The number of hydrogen-bond donors (Lipinski definition) is 1. The number of benzene rings is 1. The molecule has 4 rings (SSSR count). The Labute approximate surface area is 141 Å². The second-order valence-corrected chi connectivity index (χ2v) is 6.85. The van der Waals surface area contributed by atoms with Crippen molar-refractivity contribution in [3.05, 3.63) is 47.0 Å². The van der Waals surface area contributed by atoms with Gasteiger partial charge in [-0.3, -0.25) is 0 Å². The van der Waals surface area contributed by atoms with Crippen LogP contribution in [-0.2, 0) is 5.54 Å². The summed E-state index contributed by atoms with van der Waals surface area (Å²) >= 11 is 3.43. The Hall–Kier alpha value is -1.99. The van der Waals surface area contributed by atoms with E-state index in [1.807, 2.05) is 30.5 Å². The fraction of sp³-hybridized carbons (Fsp3) is 0.312. The molecule has 2 heterocycles. The monoisotopic (exact) mass is 373 g/mol. The minimum absolute atomic E-state index is 0.441. The first-order valence-corrected chi connectivity index (χ1v) is 8.37. The lowest BCUT2D eigenvalue weighted by molar-refractivity contribution is 0.372. The van der Waals surface area contributed by atoms with Crippen LogP contribution < -0.4 is 5.73 Å². The summed E-state index contributed by atoms with van der Waals surface area (Å²) in [7, 11) is 0. The van der Waals surface area contributed by atoms with Crippen LogP contribution in [0.1, 0.15) is 31.5 Å². The Balaban J connectivity index is 1.62. The molecule has 1 fully saturated rings. The average Bonchev–Trinajstić information content (AvgIpc) is 3.28. The fourth-order valence-electron chi connectivity index (χ4n) is 2.94. The molecule has 0 unspecified atom stereocenters. The van der Waals surface area contributed by atoms with E-state index >= 15 is 0 Å². The average molecular weight is 374 g/mol. The predicted molar refractivity (Wildman–Crippen MR) is 88.9 cm³/mol. The molecule has 0 aliphatic heterocycles. The molecule has 0 atom stereocenters. The van der Waals surface area contributed by atoms with Gasteiger partial charge >= 0.3 is 0 Å². The lowest BCUT2D eigenvalue weighted by atomic mass is 9.99. The van der Waals surface area contributed by atoms with Crippen molar-refractivity contribution < 1.29 is 4.52 Å². The zero-order chi connectivity index (χ0) is 15.9. The summed E-state index contributed by atoms with van der Waals surface area (Å²) in [5.74, 6) is 1.06. The molecule has 0 bridgehead atoms. The molecule has 2 aromatic heterocycles. The van der Waals surface area contributed by atoms with Gasteiger partial charge in [-0.2, -0.15) is 10.1 Å². The third kappa shape index (κ3) is 2.70. The minimum Gasteiger partial charge on any atom is -0.334 e. The van der Waals surface area contributed by atoms with Crippen LogP contribution in [0.5, 0.6) is 0 Å².